The van der Waals surface area contributed by atoms with Crippen LogP contribution in [0.4, 0.5) is 13.2 Å². The molecule has 2 aliphatic heterocycles. The van der Waals surface area contributed by atoms with Gasteiger partial charge >= 0.3 is 12.1 Å². The number of likely N-dealkylation sites (N-methyl/N-ethyl adjacent to an activating group) is 1. The Kier molecular flexibility index (Phi) is 10.6. The lowest BCUT2D eigenvalue weighted by molar-refractivity contribution is -0.166. The number of alkyl halides is 3. The van der Waals surface area contributed by atoms with Crippen LogP contribution >= 0.6 is 23.2 Å². The van der Waals surface area contributed by atoms with E-state index in [0.29, 0.717) is 13.1 Å². The van der Waals surface area contributed by atoms with Crippen molar-refractivity contribution in [1.82, 2.24) is 25.0 Å². The van der Waals surface area contributed by atoms with Crippen molar-refractivity contribution in [2.75, 3.05) is 33.2 Å². The second-order valence-corrected chi connectivity index (χ2v) is 10.5. The zero-order valence-corrected chi connectivity index (χ0v) is 21.7. The summed E-state index contributed by atoms with van der Waals surface area (Å²) in [5.74, 6) is -2.91. The molecule has 1 aromatic carbocycles. The van der Waals surface area contributed by atoms with E-state index in [4.69, 9.17) is 28.3 Å². The molecule has 11 nitrogen and oxygen atoms in total. The first-order valence-corrected chi connectivity index (χ1v) is 12.8. The number of nitrogens with one attached hydrogen (secondary N) is 2. The normalized spacial score (nSPS) is 19.0. The minimum atomic E-state index is -4.58. The average Bonchev–Trinajstić information content (AvgIpc) is 2.77. The molecule has 1 saturated heterocycles. The summed E-state index contributed by atoms with van der Waals surface area (Å²) < 4.78 is 59.9. The maximum absolute atomic E-state index is 13.1. The number of hydrazine groups is 1. The number of benzene rings is 1. The first-order chi connectivity index (χ1) is 17.1. The molecule has 1 aromatic rings. The number of nitrogens with zero attached hydrogens (tertiary/aromatic N) is 3. The Balaban J connectivity index is 0.000000521. The third-order valence-corrected chi connectivity index (χ3v) is 7.80. The van der Waals surface area contributed by atoms with Crippen LogP contribution in [-0.4, -0.2) is 91.0 Å². The summed E-state index contributed by atoms with van der Waals surface area (Å²) in [6.45, 7) is 2.86. The van der Waals surface area contributed by atoms with E-state index in [1.807, 2.05) is 7.05 Å². The van der Waals surface area contributed by atoms with Crippen molar-refractivity contribution in [2.24, 2.45) is 0 Å². The van der Waals surface area contributed by atoms with E-state index in [9.17, 15) is 36.0 Å². The molecule has 0 unspecified atom stereocenters. The fourth-order valence-electron chi connectivity index (χ4n) is 3.22. The Morgan fingerprint density at radius 2 is 1.81 bits per heavy atom. The molecule has 0 spiro atoms. The van der Waals surface area contributed by atoms with Crippen LogP contribution in [0.3, 0.4) is 0 Å². The minimum absolute atomic E-state index is 0.0718. The van der Waals surface area contributed by atoms with E-state index in [2.05, 4.69) is 15.6 Å². The third-order valence-electron chi connectivity index (χ3n) is 5.05. The van der Waals surface area contributed by atoms with Crippen LogP contribution in [0.15, 0.2) is 35.5 Å². The topological polar surface area (TPSA) is 139 Å². The number of sulfonamides is 1. The first kappa shape index (κ1) is 30.6. The van der Waals surface area contributed by atoms with E-state index < -0.39 is 46.4 Å². The number of carbonyl (C=O) groups excluding carboxylic acids is 2. The summed E-state index contributed by atoms with van der Waals surface area (Å²) >= 11 is 12.0. The van der Waals surface area contributed by atoms with Gasteiger partial charge in [0.1, 0.15) is 17.4 Å². The Labute approximate surface area is 220 Å². The van der Waals surface area contributed by atoms with Crippen molar-refractivity contribution in [1.29, 1.82) is 0 Å². The van der Waals surface area contributed by atoms with Crippen LogP contribution in [0.25, 0.3) is 0 Å². The molecule has 206 valence electrons. The predicted octanol–water partition coefficient (Wildman–Crippen LogP) is 1.65. The molecule has 3 N–H and O–H groups in total. The average molecular weight is 590 g/mol. The fourth-order valence-corrected chi connectivity index (χ4v) is 5.41. The summed E-state index contributed by atoms with van der Waals surface area (Å²) in [6, 6.07) is 2.95. The third kappa shape index (κ3) is 9.03. The zero-order chi connectivity index (χ0) is 28.0. The lowest BCUT2D eigenvalue weighted by atomic mass is 10.1. The summed E-state index contributed by atoms with van der Waals surface area (Å²) in [6.07, 6.45) is -4.28. The van der Waals surface area contributed by atoms with E-state index in [1.54, 1.807) is 5.01 Å². The van der Waals surface area contributed by atoms with Gasteiger partial charge in [0, 0.05) is 38.6 Å². The van der Waals surface area contributed by atoms with Crippen LogP contribution in [0, 0.1) is 0 Å². The zero-order valence-electron chi connectivity index (χ0n) is 19.3. The van der Waals surface area contributed by atoms with Gasteiger partial charge in [0.15, 0.2) is 0 Å². The SMILES string of the molecule is CN1CCN(NC(=O)C[C@@H]2C(=O)NC=CN2S(=O)(=O)c2cccc(Cl)c2Cl)CC1.O=C(O)CC(F)(F)F. The Morgan fingerprint density at radius 3 is 2.35 bits per heavy atom. The summed E-state index contributed by atoms with van der Waals surface area (Å²) in [5.41, 5.74) is 2.73. The fraction of sp³-hybridized carbons (Fsp3) is 0.450. The van der Waals surface area contributed by atoms with Gasteiger partial charge in [-0.3, -0.25) is 24.1 Å². The number of rotatable bonds is 6. The van der Waals surface area contributed by atoms with Gasteiger partial charge < -0.3 is 15.3 Å². The van der Waals surface area contributed by atoms with Crippen LogP contribution in [0.1, 0.15) is 12.8 Å². The second kappa shape index (κ2) is 12.8. The number of hydrogen-bond donors (Lipinski definition) is 3. The molecule has 1 atom stereocenters. The van der Waals surface area contributed by atoms with Gasteiger partial charge in [-0.1, -0.05) is 29.3 Å². The standard InChI is InChI=1S/C17H21Cl2N5O4S.C3H3F3O2/c1-22-7-9-23(10-8-22)21-15(25)11-13-17(26)20-5-6-24(13)29(27,28)14-4-2-3-12(18)16(14)19;4-3(5,6)1-2(7)8/h2-6,13H,7-11H2,1H3,(H,20,26)(H,21,25);1H2,(H,7,8)/t13-;/m1./s1. The Hall–Kier alpha value is -2.59. The first-order valence-electron chi connectivity index (χ1n) is 10.6. The van der Waals surface area contributed by atoms with Gasteiger partial charge in [0.2, 0.25) is 11.8 Å². The van der Waals surface area contributed by atoms with Crippen LogP contribution in [0.5, 0.6) is 0 Å². The quantitative estimate of drug-likeness (QED) is 0.455. The number of piperazine rings is 1. The summed E-state index contributed by atoms with van der Waals surface area (Å²) in [7, 11) is -2.23. The number of carbonyl (C=O) groups is 3. The van der Waals surface area contributed by atoms with Crippen LogP contribution in [-0.2, 0) is 24.4 Å². The molecule has 37 heavy (non-hydrogen) atoms. The number of amides is 2. The molecular weight excluding hydrogens is 566 g/mol. The summed E-state index contributed by atoms with van der Waals surface area (Å²) in [5, 5.41) is 11.7. The molecule has 2 aliphatic rings. The Bertz CT molecular complexity index is 1140. The van der Waals surface area contributed by atoms with Crippen molar-refractivity contribution in [3.8, 4) is 0 Å². The maximum atomic E-state index is 13.1. The summed E-state index contributed by atoms with van der Waals surface area (Å²) in [4.78, 5) is 36.1. The monoisotopic (exact) mass is 589 g/mol. The number of aliphatic carboxylic acids is 1. The van der Waals surface area contributed by atoms with Gasteiger partial charge in [-0.2, -0.15) is 13.2 Å². The minimum Gasteiger partial charge on any atom is -0.481 e. The molecule has 1 fully saturated rings. The molecular formula is C20H24Cl2F3N5O6S. The highest BCUT2D eigenvalue weighted by atomic mass is 35.5. The Morgan fingerprint density at radius 1 is 1.19 bits per heavy atom. The molecule has 0 radical (unpaired) electrons. The van der Waals surface area contributed by atoms with Gasteiger partial charge in [0.25, 0.3) is 10.0 Å². The van der Waals surface area contributed by atoms with Crippen molar-refractivity contribution in [3.63, 3.8) is 0 Å². The maximum Gasteiger partial charge on any atom is 0.399 e. The van der Waals surface area contributed by atoms with E-state index in [1.165, 1.54) is 30.6 Å². The molecule has 0 aromatic heterocycles. The van der Waals surface area contributed by atoms with Gasteiger partial charge in [-0.25, -0.2) is 13.4 Å². The van der Waals surface area contributed by atoms with Crippen molar-refractivity contribution < 1.29 is 41.1 Å². The van der Waals surface area contributed by atoms with Crippen LogP contribution in [0.2, 0.25) is 10.0 Å². The van der Waals surface area contributed by atoms with E-state index >= 15 is 0 Å². The van der Waals surface area contributed by atoms with Crippen LogP contribution < -0.4 is 10.7 Å². The molecule has 2 amide bonds. The highest BCUT2D eigenvalue weighted by molar-refractivity contribution is 7.89. The van der Waals surface area contributed by atoms with E-state index in [0.717, 1.165) is 17.4 Å². The molecule has 0 aliphatic carbocycles. The van der Waals surface area contributed by atoms with Gasteiger partial charge in [-0.15, -0.1) is 0 Å². The number of halogens is 5. The molecule has 0 saturated carbocycles. The molecule has 2 heterocycles. The number of carboxylic acid groups (broad SMARTS) is 1. The number of hydrogen-bond acceptors (Lipinski definition) is 7. The van der Waals surface area contributed by atoms with Crippen molar-refractivity contribution >= 4 is 51.0 Å². The molecule has 0 bridgehead atoms. The number of carboxylic acids is 1. The van der Waals surface area contributed by atoms with Gasteiger partial charge in [-0.05, 0) is 19.2 Å². The molecule has 3 rings (SSSR count). The second-order valence-electron chi connectivity index (χ2n) is 7.94. The lowest BCUT2D eigenvalue weighted by Gasteiger charge is -2.34. The van der Waals surface area contributed by atoms with Crippen molar-refractivity contribution in [2.45, 2.75) is 30.0 Å². The van der Waals surface area contributed by atoms with E-state index in [-0.39, 0.29) is 21.4 Å². The smallest absolute Gasteiger partial charge is 0.399 e. The highest BCUT2D eigenvalue weighted by Crippen LogP contribution is 2.32. The van der Waals surface area contributed by atoms with Crippen molar-refractivity contribution in [3.05, 3.63) is 40.6 Å². The largest absolute Gasteiger partial charge is 0.481 e. The predicted molar refractivity (Wildman–Crippen MR) is 127 cm³/mol. The lowest BCUT2D eigenvalue weighted by Crippen LogP contribution is -2.55. The molecule has 17 heteroatoms. The highest BCUT2D eigenvalue weighted by Gasteiger charge is 2.38. The van der Waals surface area contributed by atoms with Gasteiger partial charge in [0.05, 0.1) is 16.5 Å².